The van der Waals surface area contributed by atoms with Gasteiger partial charge in [-0.1, -0.05) is 60.7 Å². The molecule has 0 fully saturated rings. The molecule has 0 amide bonds. The van der Waals surface area contributed by atoms with Gasteiger partial charge in [-0.05, 0) is 17.5 Å². The summed E-state index contributed by atoms with van der Waals surface area (Å²) in [4.78, 5) is 11.9. The lowest BCUT2D eigenvalue weighted by Gasteiger charge is -2.29. The van der Waals surface area contributed by atoms with Gasteiger partial charge in [0.2, 0.25) is 5.95 Å². The molecule has 0 atom stereocenters. The molecule has 0 radical (unpaired) electrons. The van der Waals surface area contributed by atoms with E-state index < -0.39 is 0 Å². The first-order chi connectivity index (χ1) is 12.8. The van der Waals surface area contributed by atoms with Crippen molar-refractivity contribution in [1.29, 1.82) is 0 Å². The van der Waals surface area contributed by atoms with E-state index in [2.05, 4.69) is 53.2 Å². The van der Waals surface area contributed by atoms with Gasteiger partial charge in [-0.15, -0.1) is 6.58 Å². The van der Waals surface area contributed by atoms with Gasteiger partial charge in [0, 0.05) is 31.3 Å². The molecule has 1 aliphatic heterocycles. The van der Waals surface area contributed by atoms with Gasteiger partial charge in [0.05, 0.1) is 5.69 Å². The number of fused-ring (bicyclic) bond motifs is 1. The van der Waals surface area contributed by atoms with Crippen LogP contribution in [-0.2, 0) is 13.0 Å². The van der Waals surface area contributed by atoms with E-state index in [1.54, 1.807) is 0 Å². The lowest BCUT2D eigenvalue weighted by Crippen LogP contribution is -2.32. The highest BCUT2D eigenvalue weighted by Gasteiger charge is 2.19. The van der Waals surface area contributed by atoms with Crippen molar-refractivity contribution in [2.24, 2.45) is 0 Å². The van der Waals surface area contributed by atoms with E-state index in [0.717, 1.165) is 42.5 Å². The van der Waals surface area contributed by atoms with Crippen molar-refractivity contribution in [3.8, 4) is 11.3 Å². The van der Waals surface area contributed by atoms with Crippen LogP contribution in [0, 0.1) is 0 Å². The van der Waals surface area contributed by atoms with E-state index >= 15 is 0 Å². The average Bonchev–Trinajstić information content (AvgIpc) is 2.72. The van der Waals surface area contributed by atoms with Crippen molar-refractivity contribution >= 4 is 11.8 Å². The average molecular weight is 342 g/mol. The molecule has 1 aromatic heterocycles. The maximum atomic E-state index is 4.86. The van der Waals surface area contributed by atoms with Crippen LogP contribution >= 0.6 is 0 Å². The number of nitrogens with zero attached hydrogens (tertiary/aromatic N) is 3. The summed E-state index contributed by atoms with van der Waals surface area (Å²) in [6, 6.07) is 20.9. The molecule has 4 nitrogen and oxygen atoms in total. The number of aromatic nitrogens is 2. The molecule has 2 heterocycles. The van der Waals surface area contributed by atoms with Gasteiger partial charge in [-0.3, -0.25) is 0 Å². The van der Waals surface area contributed by atoms with E-state index in [4.69, 9.17) is 9.97 Å². The van der Waals surface area contributed by atoms with Crippen molar-refractivity contribution in [1.82, 2.24) is 9.97 Å². The predicted octanol–water partition coefficient (Wildman–Crippen LogP) is 4.30. The lowest BCUT2D eigenvalue weighted by atomic mass is 10.0. The van der Waals surface area contributed by atoms with Gasteiger partial charge in [-0.2, -0.15) is 4.98 Å². The molecular weight excluding hydrogens is 320 g/mol. The third-order valence-electron chi connectivity index (χ3n) is 4.62. The summed E-state index contributed by atoms with van der Waals surface area (Å²) in [5, 5.41) is 3.31. The molecule has 0 aliphatic carbocycles. The van der Waals surface area contributed by atoms with E-state index in [1.807, 2.05) is 30.3 Å². The third kappa shape index (κ3) is 3.45. The molecule has 4 rings (SSSR count). The Balaban J connectivity index is 1.70. The van der Waals surface area contributed by atoms with E-state index in [9.17, 15) is 0 Å². The second-order valence-electron chi connectivity index (χ2n) is 6.41. The molecule has 1 N–H and O–H groups in total. The summed E-state index contributed by atoms with van der Waals surface area (Å²) in [6.45, 7) is 6.22. The maximum Gasteiger partial charge on any atom is 0.228 e. The van der Waals surface area contributed by atoms with Crippen LogP contribution in [0.2, 0.25) is 0 Å². The lowest BCUT2D eigenvalue weighted by molar-refractivity contribution is 0.708. The molecule has 0 saturated heterocycles. The molecule has 0 bridgehead atoms. The summed E-state index contributed by atoms with van der Waals surface area (Å²) in [7, 11) is 0. The van der Waals surface area contributed by atoms with Crippen LogP contribution in [0.5, 0.6) is 0 Å². The number of benzene rings is 2. The second kappa shape index (κ2) is 7.40. The molecule has 0 saturated carbocycles. The Morgan fingerprint density at radius 1 is 1.00 bits per heavy atom. The van der Waals surface area contributed by atoms with Crippen LogP contribution in [0.3, 0.4) is 0 Å². The Morgan fingerprint density at radius 3 is 2.58 bits per heavy atom. The molecule has 2 aromatic carbocycles. The van der Waals surface area contributed by atoms with Gasteiger partial charge in [0.1, 0.15) is 5.82 Å². The largest absolute Gasteiger partial charge is 0.366 e. The zero-order valence-electron chi connectivity index (χ0n) is 14.7. The number of nitrogens with one attached hydrogen (secondary N) is 1. The third-order valence-corrected chi connectivity index (χ3v) is 4.62. The zero-order valence-corrected chi connectivity index (χ0v) is 14.7. The Kier molecular flexibility index (Phi) is 4.65. The molecule has 26 heavy (non-hydrogen) atoms. The van der Waals surface area contributed by atoms with Crippen molar-refractivity contribution in [3.05, 3.63) is 84.4 Å². The van der Waals surface area contributed by atoms with Crippen LogP contribution in [-0.4, -0.2) is 23.1 Å². The van der Waals surface area contributed by atoms with Gasteiger partial charge in [0.25, 0.3) is 0 Å². The molecular formula is C22H22N4. The van der Waals surface area contributed by atoms with Gasteiger partial charge >= 0.3 is 0 Å². The Bertz CT molecular complexity index is 905. The van der Waals surface area contributed by atoms with E-state index in [0.29, 0.717) is 6.54 Å². The van der Waals surface area contributed by atoms with Crippen molar-refractivity contribution in [3.63, 3.8) is 0 Å². The minimum atomic E-state index is 0.674. The van der Waals surface area contributed by atoms with Crippen molar-refractivity contribution in [2.45, 2.75) is 13.0 Å². The SMILES string of the molecule is C=CCNc1cc(-c2ccccc2)nc(N2CCc3ccccc3C2)n1. The van der Waals surface area contributed by atoms with Gasteiger partial charge < -0.3 is 10.2 Å². The Labute approximate surface area is 154 Å². The van der Waals surface area contributed by atoms with E-state index in [1.165, 1.54) is 11.1 Å². The highest BCUT2D eigenvalue weighted by molar-refractivity contribution is 5.64. The quantitative estimate of drug-likeness (QED) is 0.702. The van der Waals surface area contributed by atoms with Crippen LogP contribution in [0.15, 0.2) is 73.3 Å². The van der Waals surface area contributed by atoms with Crippen LogP contribution < -0.4 is 10.2 Å². The summed E-state index contributed by atoms with van der Waals surface area (Å²) < 4.78 is 0. The summed E-state index contributed by atoms with van der Waals surface area (Å²) in [5.74, 6) is 1.60. The van der Waals surface area contributed by atoms with Crippen LogP contribution in [0.4, 0.5) is 11.8 Å². The maximum absolute atomic E-state index is 4.86. The smallest absolute Gasteiger partial charge is 0.228 e. The summed E-state index contributed by atoms with van der Waals surface area (Å²) in [5.41, 5.74) is 4.80. The topological polar surface area (TPSA) is 41.1 Å². The number of hydrogen-bond donors (Lipinski definition) is 1. The van der Waals surface area contributed by atoms with E-state index in [-0.39, 0.29) is 0 Å². The molecule has 4 heteroatoms. The Morgan fingerprint density at radius 2 is 1.77 bits per heavy atom. The molecule has 130 valence electrons. The summed E-state index contributed by atoms with van der Waals surface area (Å²) >= 11 is 0. The fourth-order valence-electron chi connectivity index (χ4n) is 3.27. The number of anilines is 2. The number of rotatable bonds is 5. The fourth-order valence-corrected chi connectivity index (χ4v) is 3.27. The first-order valence-corrected chi connectivity index (χ1v) is 8.94. The first-order valence-electron chi connectivity index (χ1n) is 8.94. The Hall–Kier alpha value is -3.14. The van der Waals surface area contributed by atoms with Crippen LogP contribution in [0.1, 0.15) is 11.1 Å². The van der Waals surface area contributed by atoms with Crippen molar-refractivity contribution < 1.29 is 0 Å². The minimum absolute atomic E-state index is 0.674. The molecule has 3 aromatic rings. The fraction of sp³-hybridized carbons (Fsp3) is 0.182. The van der Waals surface area contributed by atoms with Gasteiger partial charge in [0.15, 0.2) is 0 Å². The molecule has 0 unspecified atom stereocenters. The highest BCUT2D eigenvalue weighted by atomic mass is 15.3. The van der Waals surface area contributed by atoms with Gasteiger partial charge in [-0.25, -0.2) is 4.98 Å². The molecule has 1 aliphatic rings. The first kappa shape index (κ1) is 16.3. The number of hydrogen-bond acceptors (Lipinski definition) is 4. The standard InChI is InChI=1S/C22H22N4/c1-2-13-23-21-15-20(18-9-4-3-5-10-18)24-22(25-21)26-14-12-17-8-6-7-11-19(17)16-26/h2-11,15H,1,12-14,16H2,(H,23,24,25). The van der Waals surface area contributed by atoms with Crippen molar-refractivity contribution in [2.75, 3.05) is 23.3 Å². The normalized spacial score (nSPS) is 13.2. The zero-order chi connectivity index (χ0) is 17.8. The predicted molar refractivity (Wildman–Crippen MR) is 107 cm³/mol. The monoisotopic (exact) mass is 342 g/mol. The van der Waals surface area contributed by atoms with Crippen LogP contribution in [0.25, 0.3) is 11.3 Å². The minimum Gasteiger partial charge on any atom is -0.366 e. The summed E-state index contributed by atoms with van der Waals surface area (Å²) in [6.07, 6.45) is 2.85. The molecule has 0 spiro atoms. The highest BCUT2D eigenvalue weighted by Crippen LogP contribution is 2.26. The second-order valence-corrected chi connectivity index (χ2v) is 6.41.